The first-order valence-electron chi connectivity index (χ1n) is 6.13. The van der Waals surface area contributed by atoms with E-state index in [1.54, 1.807) is 4.90 Å². The summed E-state index contributed by atoms with van der Waals surface area (Å²) in [7, 11) is 0. The van der Waals surface area contributed by atoms with Gasteiger partial charge in [-0.05, 0) is 19.3 Å². The number of urea groups is 1. The summed E-state index contributed by atoms with van der Waals surface area (Å²) < 4.78 is 0. The van der Waals surface area contributed by atoms with Crippen LogP contribution in [0.5, 0.6) is 0 Å². The number of carbonyl (C=O) groups excluding carboxylic acids is 1. The highest BCUT2D eigenvalue weighted by atomic mass is 32.2. The van der Waals surface area contributed by atoms with Crippen LogP contribution in [-0.4, -0.2) is 68.9 Å². The number of carbonyl (C=O) groups is 2. The van der Waals surface area contributed by atoms with E-state index in [0.29, 0.717) is 18.2 Å². The van der Waals surface area contributed by atoms with Gasteiger partial charge in [-0.2, -0.15) is 0 Å². The van der Waals surface area contributed by atoms with Crippen LogP contribution in [0.1, 0.15) is 19.3 Å². The molecule has 7 heteroatoms. The Morgan fingerprint density at radius 2 is 2.06 bits per heavy atom. The van der Waals surface area contributed by atoms with Crippen molar-refractivity contribution in [1.82, 2.24) is 9.80 Å². The van der Waals surface area contributed by atoms with Crippen molar-refractivity contribution in [3.05, 3.63) is 0 Å². The Labute approximate surface area is 110 Å². The average Bonchev–Trinajstić information content (AvgIpc) is 2.87. The van der Waals surface area contributed by atoms with E-state index in [-0.39, 0.29) is 18.7 Å². The maximum absolute atomic E-state index is 12.3. The van der Waals surface area contributed by atoms with Crippen LogP contribution in [0.3, 0.4) is 0 Å². The molecule has 0 aromatic carbocycles. The molecule has 102 valence electrons. The Morgan fingerprint density at radius 1 is 1.28 bits per heavy atom. The van der Waals surface area contributed by atoms with Gasteiger partial charge < -0.3 is 20.0 Å². The molecular formula is C11H18N2O4S. The van der Waals surface area contributed by atoms with Crippen LogP contribution in [0.15, 0.2) is 0 Å². The second kappa shape index (κ2) is 5.79. The number of piperidine rings is 1. The quantitative estimate of drug-likeness (QED) is 0.762. The second-order valence-corrected chi connectivity index (χ2v) is 5.63. The third kappa shape index (κ3) is 2.56. The van der Waals surface area contributed by atoms with Gasteiger partial charge in [0.25, 0.3) is 0 Å². The van der Waals surface area contributed by atoms with E-state index < -0.39 is 12.0 Å². The van der Waals surface area contributed by atoms with E-state index in [1.807, 2.05) is 0 Å². The normalized spacial score (nSPS) is 28.5. The van der Waals surface area contributed by atoms with Crippen molar-refractivity contribution in [2.75, 3.05) is 24.8 Å². The highest BCUT2D eigenvalue weighted by Gasteiger charge is 2.39. The van der Waals surface area contributed by atoms with Gasteiger partial charge in [-0.15, -0.1) is 11.8 Å². The van der Waals surface area contributed by atoms with Gasteiger partial charge in [-0.3, -0.25) is 0 Å². The number of carboxylic acid groups (broad SMARTS) is 1. The van der Waals surface area contributed by atoms with Gasteiger partial charge in [-0.25, -0.2) is 9.59 Å². The number of amides is 2. The smallest absolute Gasteiger partial charge is 0.327 e. The topological polar surface area (TPSA) is 81.1 Å². The van der Waals surface area contributed by atoms with E-state index in [9.17, 15) is 14.7 Å². The highest BCUT2D eigenvalue weighted by molar-refractivity contribution is 7.99. The Morgan fingerprint density at radius 3 is 2.72 bits per heavy atom. The van der Waals surface area contributed by atoms with Gasteiger partial charge in [0, 0.05) is 12.3 Å². The molecule has 2 aliphatic rings. The fourth-order valence-electron chi connectivity index (χ4n) is 2.44. The van der Waals surface area contributed by atoms with Crippen molar-refractivity contribution in [2.24, 2.45) is 0 Å². The molecule has 2 heterocycles. The van der Waals surface area contributed by atoms with Crippen molar-refractivity contribution in [3.63, 3.8) is 0 Å². The van der Waals surface area contributed by atoms with E-state index >= 15 is 0 Å². The maximum atomic E-state index is 12.3. The minimum absolute atomic E-state index is 0.0511. The molecule has 0 aliphatic carbocycles. The van der Waals surface area contributed by atoms with Crippen molar-refractivity contribution >= 4 is 23.8 Å². The molecule has 1 unspecified atom stereocenters. The molecule has 18 heavy (non-hydrogen) atoms. The van der Waals surface area contributed by atoms with Gasteiger partial charge in [0.1, 0.15) is 6.04 Å². The molecule has 0 bridgehead atoms. The summed E-state index contributed by atoms with van der Waals surface area (Å²) in [5.74, 6) is -0.0886. The van der Waals surface area contributed by atoms with E-state index in [1.165, 1.54) is 16.7 Å². The largest absolute Gasteiger partial charge is 0.480 e. The monoisotopic (exact) mass is 274 g/mol. The van der Waals surface area contributed by atoms with Crippen molar-refractivity contribution < 1.29 is 19.8 Å². The van der Waals surface area contributed by atoms with Crippen LogP contribution in [-0.2, 0) is 4.79 Å². The maximum Gasteiger partial charge on any atom is 0.327 e. The SMILES string of the molecule is O=C(O)[C@@H]1CSCN1C(=O)N1CCCCC1CO. The Bertz CT molecular complexity index is 339. The van der Waals surface area contributed by atoms with E-state index in [4.69, 9.17) is 5.11 Å². The summed E-state index contributed by atoms with van der Waals surface area (Å²) in [6.45, 7) is 0.558. The van der Waals surface area contributed by atoms with Crippen molar-refractivity contribution in [3.8, 4) is 0 Å². The number of aliphatic carboxylic acids is 1. The number of aliphatic hydroxyl groups is 1. The van der Waals surface area contributed by atoms with E-state index in [0.717, 1.165) is 19.3 Å². The standard InChI is InChI=1S/C11H18N2O4S/c14-5-8-3-1-2-4-12(8)11(17)13-7-18-6-9(13)10(15)16/h8-9,14H,1-7H2,(H,15,16)/t8?,9-/m0/s1. The number of likely N-dealkylation sites (tertiary alicyclic amines) is 1. The van der Waals surface area contributed by atoms with Crippen LogP contribution in [0.2, 0.25) is 0 Å². The Kier molecular flexibility index (Phi) is 4.34. The van der Waals surface area contributed by atoms with E-state index in [2.05, 4.69) is 0 Å². The molecule has 2 N–H and O–H groups in total. The number of carboxylic acids is 1. The first-order valence-corrected chi connectivity index (χ1v) is 7.29. The molecule has 2 fully saturated rings. The summed E-state index contributed by atoms with van der Waals surface area (Å²) in [5.41, 5.74) is 0. The predicted octanol–water partition coefficient (Wildman–Crippen LogP) is 0.413. The lowest BCUT2D eigenvalue weighted by molar-refractivity contribution is -0.141. The number of rotatable bonds is 2. The molecule has 0 aromatic rings. The molecule has 0 aromatic heterocycles. The number of aliphatic hydroxyl groups excluding tert-OH is 1. The predicted molar refractivity (Wildman–Crippen MR) is 67.4 cm³/mol. The first kappa shape index (κ1) is 13.5. The average molecular weight is 274 g/mol. The van der Waals surface area contributed by atoms with Crippen molar-refractivity contribution in [1.29, 1.82) is 0 Å². The fourth-order valence-corrected chi connectivity index (χ4v) is 3.58. The summed E-state index contributed by atoms with van der Waals surface area (Å²) in [5, 5.41) is 18.4. The van der Waals surface area contributed by atoms with Gasteiger partial charge in [0.15, 0.2) is 0 Å². The van der Waals surface area contributed by atoms with Gasteiger partial charge in [0.05, 0.1) is 18.5 Å². The minimum Gasteiger partial charge on any atom is -0.480 e. The summed E-state index contributed by atoms with van der Waals surface area (Å²) in [6.07, 6.45) is 2.72. The molecule has 2 saturated heterocycles. The number of hydrogen-bond acceptors (Lipinski definition) is 4. The van der Waals surface area contributed by atoms with Crippen LogP contribution >= 0.6 is 11.8 Å². The highest BCUT2D eigenvalue weighted by Crippen LogP contribution is 2.25. The zero-order chi connectivity index (χ0) is 13.1. The molecule has 0 spiro atoms. The van der Waals surface area contributed by atoms with Gasteiger partial charge in [0.2, 0.25) is 0 Å². The molecule has 2 atom stereocenters. The zero-order valence-electron chi connectivity index (χ0n) is 10.1. The third-order valence-electron chi connectivity index (χ3n) is 3.50. The molecule has 6 nitrogen and oxygen atoms in total. The molecule has 0 radical (unpaired) electrons. The van der Waals surface area contributed by atoms with Gasteiger partial charge in [-0.1, -0.05) is 0 Å². The number of nitrogens with zero attached hydrogens (tertiary/aromatic N) is 2. The van der Waals surface area contributed by atoms with Crippen LogP contribution < -0.4 is 0 Å². The fraction of sp³-hybridized carbons (Fsp3) is 0.818. The van der Waals surface area contributed by atoms with Crippen LogP contribution in [0.25, 0.3) is 0 Å². The second-order valence-electron chi connectivity index (χ2n) is 4.63. The van der Waals surface area contributed by atoms with Gasteiger partial charge >= 0.3 is 12.0 Å². The molecule has 2 amide bonds. The van der Waals surface area contributed by atoms with Crippen LogP contribution in [0, 0.1) is 0 Å². The summed E-state index contributed by atoms with van der Waals surface area (Å²) >= 11 is 1.45. The first-order chi connectivity index (χ1) is 8.65. The minimum atomic E-state index is -0.953. The number of hydrogen-bond donors (Lipinski definition) is 2. The van der Waals surface area contributed by atoms with Crippen molar-refractivity contribution in [2.45, 2.75) is 31.3 Å². The molecule has 2 rings (SSSR count). The molecule has 0 saturated carbocycles. The zero-order valence-corrected chi connectivity index (χ0v) is 10.9. The lowest BCUT2D eigenvalue weighted by Gasteiger charge is -2.37. The molecular weight excluding hydrogens is 256 g/mol. The summed E-state index contributed by atoms with van der Waals surface area (Å²) in [4.78, 5) is 26.5. The Hall–Kier alpha value is -0.950. The third-order valence-corrected chi connectivity index (χ3v) is 4.51. The molecule has 2 aliphatic heterocycles. The lowest BCUT2D eigenvalue weighted by Crippen LogP contribution is -2.54. The lowest BCUT2D eigenvalue weighted by atomic mass is 10.0. The van der Waals surface area contributed by atoms with Crippen LogP contribution in [0.4, 0.5) is 4.79 Å². The summed E-state index contributed by atoms with van der Waals surface area (Å²) in [6, 6.07) is -1.14. The Balaban J connectivity index is 2.07. The number of thioether (sulfide) groups is 1.